The lowest BCUT2D eigenvalue weighted by molar-refractivity contribution is -0.347. The summed E-state index contributed by atoms with van der Waals surface area (Å²) in [7, 11) is -17.6. The molecule has 7 atom stereocenters. The molecule has 2 unspecified atom stereocenters. The highest BCUT2D eigenvalue weighted by atomic mass is 32.2. The Morgan fingerprint density at radius 3 is 2.42 bits per heavy atom. The number of ether oxygens (including phenoxy) is 1. The number of anilines is 1. The molecule has 1 aliphatic rings. The van der Waals surface area contributed by atoms with E-state index in [0.29, 0.717) is 18.6 Å². The van der Waals surface area contributed by atoms with Gasteiger partial charge in [0.1, 0.15) is 36.3 Å². The van der Waals surface area contributed by atoms with Gasteiger partial charge < -0.3 is 69.0 Å². The highest BCUT2D eigenvalue weighted by Gasteiger charge is 2.47. The quantitative estimate of drug-likeness (QED) is 0.0431. The molecule has 1 fully saturated rings. The fourth-order valence-corrected chi connectivity index (χ4v) is 8.72. The average Bonchev–Trinajstić information content (AvgIpc) is 3.71. The number of amides is 2. The number of imidazole rings is 1. The van der Waals surface area contributed by atoms with Gasteiger partial charge >= 0.3 is 0 Å². The van der Waals surface area contributed by atoms with Gasteiger partial charge in [-0.25, -0.2) is 19.3 Å². The molecule has 0 saturated carbocycles. The molecule has 334 valence electrons. The van der Waals surface area contributed by atoms with Crippen molar-refractivity contribution in [2.24, 2.45) is 5.41 Å². The van der Waals surface area contributed by atoms with Crippen molar-refractivity contribution >= 4 is 69.1 Å². The normalized spacial score (nSPS) is 21.3. The van der Waals surface area contributed by atoms with Crippen molar-refractivity contribution in [3.63, 3.8) is 0 Å². The van der Waals surface area contributed by atoms with Crippen molar-refractivity contribution in [1.82, 2.24) is 30.2 Å². The van der Waals surface area contributed by atoms with Crippen molar-refractivity contribution < 1.29 is 80.5 Å². The van der Waals surface area contributed by atoms with E-state index in [9.17, 15) is 57.9 Å². The number of nitrogens with two attached hydrogens (primary N) is 1. The van der Waals surface area contributed by atoms with Gasteiger partial charge in [0, 0.05) is 37.1 Å². The number of carbonyl (C=O) groups excluding carboxylic acids is 3. The largest absolute Gasteiger partial charge is 0.790 e. The number of hydrogen-bond acceptors (Lipinski definition) is 22. The van der Waals surface area contributed by atoms with Gasteiger partial charge in [-0.3, -0.25) is 28.1 Å². The molecule has 59 heavy (non-hydrogen) atoms. The van der Waals surface area contributed by atoms with Crippen LogP contribution < -0.4 is 35.9 Å². The van der Waals surface area contributed by atoms with Gasteiger partial charge in [-0.1, -0.05) is 57.5 Å². The fourth-order valence-electron chi connectivity index (χ4n) is 5.29. The number of rotatable bonds is 26. The minimum absolute atomic E-state index is 0.00177. The molecule has 0 spiro atoms. The smallest absolute Gasteiger partial charge is 0.274 e. The number of phosphoric ester groups is 3. The van der Waals surface area contributed by atoms with Crippen molar-refractivity contribution in [3.05, 3.63) is 24.8 Å². The summed E-state index contributed by atoms with van der Waals surface area (Å²) in [5.74, 6) is -1.18. The van der Waals surface area contributed by atoms with Crippen LogP contribution in [0.3, 0.4) is 0 Å². The van der Waals surface area contributed by atoms with Crippen molar-refractivity contribution in [2.45, 2.75) is 96.4 Å². The Kier molecular flexibility index (Phi) is 19.7. The van der Waals surface area contributed by atoms with Crippen LogP contribution in [0, 0.1) is 5.41 Å². The maximum Gasteiger partial charge on any atom is 0.274 e. The molecule has 0 aliphatic carbocycles. The molecule has 24 nitrogen and oxygen atoms in total. The Bertz CT molecular complexity index is 1900. The van der Waals surface area contributed by atoms with E-state index in [-0.39, 0.29) is 41.6 Å². The van der Waals surface area contributed by atoms with Gasteiger partial charge in [0.05, 0.1) is 27.4 Å². The van der Waals surface area contributed by atoms with E-state index in [1.807, 2.05) is 6.08 Å². The molecule has 3 heterocycles. The molecule has 2 amide bonds. The van der Waals surface area contributed by atoms with Crippen molar-refractivity contribution in [3.8, 4) is 0 Å². The molecule has 0 bridgehead atoms. The van der Waals surface area contributed by atoms with Crippen molar-refractivity contribution in [1.29, 1.82) is 0 Å². The van der Waals surface area contributed by atoms with E-state index in [0.717, 1.165) is 48.2 Å². The first-order valence-corrected chi connectivity index (χ1v) is 23.5. The summed E-state index contributed by atoms with van der Waals surface area (Å²) in [5, 5.41) is 26.3. The summed E-state index contributed by atoms with van der Waals surface area (Å²) < 4.78 is 60.6. The predicted octanol–water partition coefficient (Wildman–Crippen LogP) is -0.947. The van der Waals surface area contributed by atoms with E-state index in [2.05, 4.69) is 56.5 Å². The van der Waals surface area contributed by atoms with Crippen LogP contribution in [0.2, 0.25) is 0 Å². The number of hydrogen-bond donors (Lipinski definition) is 5. The van der Waals surface area contributed by atoms with Crippen LogP contribution >= 0.6 is 35.2 Å². The number of thioether (sulfide) groups is 1. The van der Waals surface area contributed by atoms with Crippen LogP contribution in [0.1, 0.15) is 71.9 Å². The number of nitrogens with one attached hydrogen (secondary N) is 2. The third kappa shape index (κ3) is 16.9. The number of allylic oxidation sites excluding steroid dienone is 2. The van der Waals surface area contributed by atoms with Gasteiger partial charge in [-0.2, -0.15) is 0 Å². The number of aliphatic hydroxyl groups is 2. The zero-order chi connectivity index (χ0) is 44.0. The molecular weight excluding hydrogens is 867 g/mol. The minimum Gasteiger partial charge on any atom is -0.790 e. The molecule has 0 radical (unpaired) electrons. The lowest BCUT2D eigenvalue weighted by Crippen LogP contribution is -2.46. The Labute approximate surface area is 343 Å². The van der Waals surface area contributed by atoms with Crippen LogP contribution in [0.5, 0.6) is 0 Å². The zero-order valence-electron chi connectivity index (χ0n) is 32.3. The van der Waals surface area contributed by atoms with Crippen LogP contribution in [-0.2, 0) is 50.7 Å². The van der Waals surface area contributed by atoms with Gasteiger partial charge in [0.15, 0.2) is 22.8 Å². The molecule has 1 aliphatic heterocycles. The summed E-state index contributed by atoms with van der Waals surface area (Å²) >= 11 is 1.10. The number of unbranched alkanes of at least 4 members (excludes halogenated alkanes) is 3. The van der Waals surface area contributed by atoms with Crippen LogP contribution in [0.25, 0.3) is 11.2 Å². The van der Waals surface area contributed by atoms with Gasteiger partial charge in [0.25, 0.3) is 15.6 Å². The topological polar surface area (TPSA) is 375 Å². The number of aliphatic hydroxyl groups excluding tert-OH is 2. The van der Waals surface area contributed by atoms with Crippen LogP contribution in [0.15, 0.2) is 24.8 Å². The summed E-state index contributed by atoms with van der Waals surface area (Å²) in [6, 6.07) is 0. The van der Waals surface area contributed by atoms with E-state index in [4.69, 9.17) is 10.5 Å². The molecule has 3 rings (SSSR count). The highest BCUT2D eigenvalue weighted by molar-refractivity contribution is 8.13. The molecule has 2 aromatic heterocycles. The van der Waals surface area contributed by atoms with Gasteiger partial charge in [-0.15, -0.1) is 0 Å². The number of aromatic nitrogens is 4. The Morgan fingerprint density at radius 1 is 1.03 bits per heavy atom. The number of phosphoric acid groups is 3. The summed E-state index contributed by atoms with van der Waals surface area (Å²) in [4.78, 5) is 96.2. The molecule has 1 saturated heterocycles. The predicted molar refractivity (Wildman–Crippen MR) is 201 cm³/mol. The van der Waals surface area contributed by atoms with Gasteiger partial charge in [0.2, 0.25) is 11.8 Å². The lowest BCUT2D eigenvalue weighted by Gasteiger charge is -2.36. The van der Waals surface area contributed by atoms with Crippen LogP contribution in [0.4, 0.5) is 5.82 Å². The second kappa shape index (κ2) is 22.9. The summed E-state index contributed by atoms with van der Waals surface area (Å²) in [5.41, 5.74) is 4.08. The molecular formula is C31H48N7O17P3S-4. The first-order chi connectivity index (χ1) is 27.6. The molecule has 6 N–H and O–H groups in total. The standard InChI is InChI=1S/C31H52N7O17P3S/c1-4-5-6-7-8-9-10-11-22(40)59-15-14-33-21(39)12-13-34-29(43)26(42)31(2,3)17-52-58(49,50)55-57(47,48)51-16-20-25(54-56(44,45)46)24(41)30(53-20)38-19-37-23-27(32)35-18-36-28(23)38/h8-9,18-20,24-26,30,41-42H,4-7,10-17H2,1-3H3,(H,33,39)(H,34,43)(H,47,48)(H,49,50)(H2,32,35,36)(H2,44,45,46)/p-4/b9-8+/t20-,24-,25-,26+,30-/m1/s1. The lowest BCUT2D eigenvalue weighted by atomic mass is 9.87. The maximum absolute atomic E-state index is 12.6. The van der Waals surface area contributed by atoms with Crippen molar-refractivity contribution in [2.75, 3.05) is 37.8 Å². The molecule has 2 aromatic rings. The fraction of sp³-hybridized carbons (Fsp3) is 0.677. The number of fused-ring (bicyclic) bond motifs is 1. The monoisotopic (exact) mass is 915 g/mol. The minimum atomic E-state index is -5.91. The third-order valence-corrected chi connectivity index (χ3v) is 12.3. The number of carbonyl (C=O) groups is 3. The third-order valence-electron chi connectivity index (χ3n) is 8.40. The average molecular weight is 916 g/mol. The van der Waals surface area contributed by atoms with E-state index in [1.54, 1.807) is 0 Å². The molecule has 0 aromatic carbocycles. The van der Waals surface area contributed by atoms with E-state index < -0.39 is 84.6 Å². The summed E-state index contributed by atoms with van der Waals surface area (Å²) in [6.45, 7) is 2.26. The Hall–Kier alpha value is -2.70. The van der Waals surface area contributed by atoms with E-state index >= 15 is 0 Å². The number of nitrogen functional groups attached to an aromatic ring is 1. The zero-order valence-corrected chi connectivity index (χ0v) is 35.8. The Balaban J connectivity index is 1.43. The number of nitrogens with zero attached hydrogens (tertiary/aromatic N) is 4. The Morgan fingerprint density at radius 2 is 1.73 bits per heavy atom. The first kappa shape index (κ1) is 50.7. The first-order valence-electron chi connectivity index (χ1n) is 18.2. The van der Waals surface area contributed by atoms with Gasteiger partial charge in [-0.05, 0) is 19.3 Å². The summed E-state index contributed by atoms with van der Waals surface area (Å²) in [6.07, 6.45) is 1.93. The highest BCUT2D eigenvalue weighted by Crippen LogP contribution is 2.56. The second-order valence-electron chi connectivity index (χ2n) is 13.7. The van der Waals surface area contributed by atoms with E-state index in [1.165, 1.54) is 20.3 Å². The maximum atomic E-state index is 12.6. The molecule has 28 heteroatoms. The second-order valence-corrected chi connectivity index (χ2v) is 18.9. The SMILES string of the molecule is CCCCC/C=C/CCC(=O)SCCNC(=O)CCNC(=O)[C@H](O)C(C)(C)COP(=O)([O-])OP(=O)([O-])OC[C@H]1O[C@@H](n2cnc3c(N)ncnc32)[C@H](O)[C@@H]1OP(=O)([O-])[O-]. The van der Waals surface area contributed by atoms with Crippen LogP contribution in [-0.4, -0.2) is 103 Å².